The SMILES string of the molecule is COc1ccc(Cl)c(NC(=O)c2cccn2CC(=O)O)c1. The zero-order valence-corrected chi connectivity index (χ0v) is 11.9. The first-order chi connectivity index (χ1) is 10.0. The summed E-state index contributed by atoms with van der Waals surface area (Å²) in [4.78, 5) is 23.0. The molecule has 0 unspecified atom stereocenters. The zero-order valence-electron chi connectivity index (χ0n) is 11.2. The maximum absolute atomic E-state index is 12.2. The second kappa shape index (κ2) is 6.32. The van der Waals surface area contributed by atoms with Crippen molar-refractivity contribution in [2.45, 2.75) is 6.54 Å². The average Bonchev–Trinajstić information content (AvgIpc) is 2.88. The third kappa shape index (κ3) is 3.55. The highest BCUT2D eigenvalue weighted by Crippen LogP contribution is 2.27. The summed E-state index contributed by atoms with van der Waals surface area (Å²) in [5.74, 6) is -0.924. The summed E-state index contributed by atoms with van der Waals surface area (Å²) in [7, 11) is 1.51. The van der Waals surface area contributed by atoms with Crippen molar-refractivity contribution in [3.05, 3.63) is 47.2 Å². The van der Waals surface area contributed by atoms with Gasteiger partial charge in [0.2, 0.25) is 0 Å². The fraction of sp³-hybridized carbons (Fsp3) is 0.143. The molecule has 0 bridgehead atoms. The van der Waals surface area contributed by atoms with E-state index in [0.29, 0.717) is 16.5 Å². The first-order valence-electron chi connectivity index (χ1n) is 6.03. The van der Waals surface area contributed by atoms with Crippen LogP contribution < -0.4 is 10.1 Å². The summed E-state index contributed by atoms with van der Waals surface area (Å²) >= 11 is 6.01. The Morgan fingerprint density at radius 2 is 2.14 bits per heavy atom. The Kier molecular flexibility index (Phi) is 4.49. The predicted octanol–water partition coefficient (Wildman–Crippen LogP) is 2.49. The Bertz CT molecular complexity index is 681. The third-order valence-electron chi connectivity index (χ3n) is 2.79. The number of amides is 1. The highest BCUT2D eigenvalue weighted by atomic mass is 35.5. The molecule has 7 heteroatoms. The van der Waals surface area contributed by atoms with Gasteiger partial charge < -0.3 is 19.7 Å². The van der Waals surface area contributed by atoms with Crippen molar-refractivity contribution in [1.29, 1.82) is 0 Å². The van der Waals surface area contributed by atoms with Gasteiger partial charge in [-0.05, 0) is 24.3 Å². The Hall–Kier alpha value is -2.47. The van der Waals surface area contributed by atoms with Crippen LogP contribution in [0.5, 0.6) is 5.75 Å². The van der Waals surface area contributed by atoms with Crippen LogP contribution >= 0.6 is 11.6 Å². The summed E-state index contributed by atoms with van der Waals surface area (Å²) in [5, 5.41) is 11.8. The molecular formula is C14H13ClN2O4. The molecule has 0 fully saturated rings. The molecule has 0 saturated heterocycles. The Balaban J connectivity index is 2.22. The van der Waals surface area contributed by atoms with E-state index in [1.807, 2.05) is 0 Å². The number of ether oxygens (including phenoxy) is 1. The van der Waals surface area contributed by atoms with Gasteiger partial charge in [-0.1, -0.05) is 11.6 Å². The van der Waals surface area contributed by atoms with Crippen LogP contribution in [-0.2, 0) is 11.3 Å². The van der Waals surface area contributed by atoms with Crippen LogP contribution in [0, 0.1) is 0 Å². The Morgan fingerprint density at radius 3 is 2.81 bits per heavy atom. The lowest BCUT2D eigenvalue weighted by atomic mass is 10.3. The van der Waals surface area contributed by atoms with Crippen LogP contribution in [0.1, 0.15) is 10.5 Å². The quantitative estimate of drug-likeness (QED) is 0.889. The van der Waals surface area contributed by atoms with Gasteiger partial charge in [-0.2, -0.15) is 0 Å². The van der Waals surface area contributed by atoms with E-state index in [4.69, 9.17) is 21.4 Å². The number of hydrogen-bond donors (Lipinski definition) is 2. The fourth-order valence-corrected chi connectivity index (χ4v) is 1.98. The van der Waals surface area contributed by atoms with Gasteiger partial charge in [0.25, 0.3) is 5.91 Å². The van der Waals surface area contributed by atoms with Gasteiger partial charge in [0.15, 0.2) is 0 Å². The number of benzene rings is 1. The molecule has 0 aliphatic heterocycles. The van der Waals surface area contributed by atoms with E-state index in [0.717, 1.165) is 0 Å². The highest BCUT2D eigenvalue weighted by Gasteiger charge is 2.14. The lowest BCUT2D eigenvalue weighted by molar-refractivity contribution is -0.137. The maximum atomic E-state index is 12.2. The molecule has 0 aliphatic carbocycles. The van der Waals surface area contributed by atoms with E-state index >= 15 is 0 Å². The van der Waals surface area contributed by atoms with Crippen molar-refractivity contribution in [2.75, 3.05) is 12.4 Å². The van der Waals surface area contributed by atoms with Crippen molar-refractivity contribution < 1.29 is 19.4 Å². The first-order valence-corrected chi connectivity index (χ1v) is 6.41. The molecule has 2 aromatic rings. The molecule has 0 radical (unpaired) electrons. The molecule has 2 N–H and O–H groups in total. The van der Waals surface area contributed by atoms with Crippen molar-refractivity contribution >= 4 is 29.2 Å². The minimum Gasteiger partial charge on any atom is -0.497 e. The van der Waals surface area contributed by atoms with E-state index in [1.165, 1.54) is 23.9 Å². The normalized spacial score (nSPS) is 10.2. The predicted molar refractivity (Wildman–Crippen MR) is 78.0 cm³/mol. The molecule has 0 atom stereocenters. The van der Waals surface area contributed by atoms with Gasteiger partial charge in [0.1, 0.15) is 18.0 Å². The lowest BCUT2D eigenvalue weighted by Crippen LogP contribution is -2.19. The number of rotatable bonds is 5. The van der Waals surface area contributed by atoms with E-state index in [9.17, 15) is 9.59 Å². The number of carboxylic acid groups (broad SMARTS) is 1. The second-order valence-corrected chi connectivity index (χ2v) is 4.62. The highest BCUT2D eigenvalue weighted by molar-refractivity contribution is 6.34. The molecule has 2 rings (SSSR count). The first kappa shape index (κ1) is 14.9. The number of anilines is 1. The van der Waals surface area contributed by atoms with Crippen LogP contribution in [0.15, 0.2) is 36.5 Å². The van der Waals surface area contributed by atoms with Gasteiger partial charge in [0, 0.05) is 12.3 Å². The number of aliphatic carboxylic acids is 1. The number of carboxylic acids is 1. The van der Waals surface area contributed by atoms with E-state index < -0.39 is 11.9 Å². The molecular weight excluding hydrogens is 296 g/mol. The van der Waals surface area contributed by atoms with Gasteiger partial charge in [-0.25, -0.2) is 0 Å². The zero-order chi connectivity index (χ0) is 15.4. The van der Waals surface area contributed by atoms with Gasteiger partial charge in [-0.3, -0.25) is 9.59 Å². The number of carbonyl (C=O) groups is 2. The van der Waals surface area contributed by atoms with Gasteiger partial charge in [-0.15, -0.1) is 0 Å². The van der Waals surface area contributed by atoms with Gasteiger partial charge in [0.05, 0.1) is 17.8 Å². The smallest absolute Gasteiger partial charge is 0.323 e. The summed E-state index contributed by atoms with van der Waals surface area (Å²) in [6.07, 6.45) is 1.52. The molecule has 0 aliphatic rings. The van der Waals surface area contributed by atoms with E-state index in [2.05, 4.69) is 5.32 Å². The van der Waals surface area contributed by atoms with Crippen LogP contribution in [-0.4, -0.2) is 28.7 Å². The van der Waals surface area contributed by atoms with E-state index in [1.54, 1.807) is 24.3 Å². The molecule has 1 amide bonds. The molecule has 0 saturated carbocycles. The topological polar surface area (TPSA) is 80.6 Å². The monoisotopic (exact) mass is 308 g/mol. The molecule has 0 spiro atoms. The summed E-state index contributed by atoms with van der Waals surface area (Å²) in [5.41, 5.74) is 0.625. The maximum Gasteiger partial charge on any atom is 0.323 e. The van der Waals surface area contributed by atoms with Crippen LogP contribution in [0.3, 0.4) is 0 Å². The standard InChI is InChI=1S/C14H13ClN2O4/c1-21-9-4-5-10(15)11(7-9)16-14(20)12-3-2-6-17(12)8-13(18)19/h2-7H,8H2,1H3,(H,16,20)(H,18,19). The minimum atomic E-state index is -1.03. The fourth-order valence-electron chi connectivity index (χ4n) is 1.82. The molecule has 110 valence electrons. The van der Waals surface area contributed by atoms with Crippen molar-refractivity contribution in [2.24, 2.45) is 0 Å². The number of hydrogen-bond acceptors (Lipinski definition) is 3. The second-order valence-electron chi connectivity index (χ2n) is 4.21. The summed E-state index contributed by atoms with van der Waals surface area (Å²) in [6, 6.07) is 8.00. The summed E-state index contributed by atoms with van der Waals surface area (Å²) < 4.78 is 6.40. The van der Waals surface area contributed by atoms with Crippen LogP contribution in [0.4, 0.5) is 5.69 Å². The Morgan fingerprint density at radius 1 is 1.38 bits per heavy atom. The molecule has 6 nitrogen and oxygen atoms in total. The molecule has 1 aromatic carbocycles. The largest absolute Gasteiger partial charge is 0.497 e. The lowest BCUT2D eigenvalue weighted by Gasteiger charge is -2.10. The number of nitrogens with zero attached hydrogens (tertiary/aromatic N) is 1. The third-order valence-corrected chi connectivity index (χ3v) is 3.12. The molecule has 21 heavy (non-hydrogen) atoms. The number of halogens is 1. The number of nitrogens with one attached hydrogen (secondary N) is 1. The van der Waals surface area contributed by atoms with Crippen LogP contribution in [0.2, 0.25) is 5.02 Å². The van der Waals surface area contributed by atoms with Crippen molar-refractivity contribution in [3.63, 3.8) is 0 Å². The average molecular weight is 309 g/mol. The van der Waals surface area contributed by atoms with E-state index in [-0.39, 0.29) is 12.2 Å². The van der Waals surface area contributed by atoms with Crippen molar-refractivity contribution in [1.82, 2.24) is 4.57 Å². The van der Waals surface area contributed by atoms with Gasteiger partial charge >= 0.3 is 5.97 Å². The molecule has 1 heterocycles. The minimum absolute atomic E-state index is 0.233. The number of aromatic nitrogens is 1. The molecule has 1 aromatic heterocycles. The number of carbonyl (C=O) groups excluding carboxylic acids is 1. The Labute approximate surface area is 125 Å². The van der Waals surface area contributed by atoms with Crippen molar-refractivity contribution in [3.8, 4) is 5.75 Å². The van der Waals surface area contributed by atoms with Crippen LogP contribution in [0.25, 0.3) is 0 Å². The summed E-state index contributed by atoms with van der Waals surface area (Å²) in [6.45, 7) is -0.290. The number of methoxy groups -OCH3 is 1.